The monoisotopic (exact) mass is 350 g/mol. The van der Waals surface area contributed by atoms with Crippen molar-refractivity contribution in [3.63, 3.8) is 0 Å². The van der Waals surface area contributed by atoms with E-state index in [0.29, 0.717) is 30.9 Å². The van der Waals surface area contributed by atoms with Gasteiger partial charge < -0.3 is 14.5 Å². The summed E-state index contributed by atoms with van der Waals surface area (Å²) in [4.78, 5) is 29.4. The van der Waals surface area contributed by atoms with Crippen molar-refractivity contribution >= 4 is 11.8 Å². The van der Waals surface area contributed by atoms with E-state index in [1.807, 2.05) is 0 Å². The molecule has 25 heavy (non-hydrogen) atoms. The fourth-order valence-electron chi connectivity index (χ4n) is 5.38. The van der Waals surface area contributed by atoms with Crippen molar-refractivity contribution in [3.8, 4) is 0 Å². The van der Waals surface area contributed by atoms with Crippen LogP contribution in [0.15, 0.2) is 0 Å². The van der Waals surface area contributed by atoms with Crippen LogP contribution in [0.3, 0.4) is 0 Å². The van der Waals surface area contributed by atoms with Crippen LogP contribution in [0.1, 0.15) is 71.6 Å². The van der Waals surface area contributed by atoms with Gasteiger partial charge in [-0.05, 0) is 51.4 Å². The zero-order valence-electron chi connectivity index (χ0n) is 16.1. The molecule has 5 heteroatoms. The SMILES string of the molecule is COC1CCC(CC(=O)N2C[C@H](C)N(C(C)=O)C3CCCCC32)CC1. The third-order valence-electron chi connectivity index (χ3n) is 6.66. The minimum absolute atomic E-state index is 0.130. The smallest absolute Gasteiger partial charge is 0.223 e. The van der Waals surface area contributed by atoms with Crippen molar-refractivity contribution in [2.75, 3.05) is 13.7 Å². The third-order valence-corrected chi connectivity index (χ3v) is 6.66. The molecule has 1 heterocycles. The molecular formula is C20H34N2O3. The number of ether oxygens (including phenoxy) is 1. The van der Waals surface area contributed by atoms with Crippen LogP contribution in [0.2, 0.25) is 0 Å². The van der Waals surface area contributed by atoms with Crippen molar-refractivity contribution in [2.24, 2.45) is 5.92 Å². The van der Waals surface area contributed by atoms with Gasteiger partial charge in [0.2, 0.25) is 11.8 Å². The molecule has 0 radical (unpaired) electrons. The lowest BCUT2D eigenvalue weighted by Gasteiger charge is -2.53. The van der Waals surface area contributed by atoms with E-state index in [2.05, 4.69) is 16.7 Å². The highest BCUT2D eigenvalue weighted by atomic mass is 16.5. The van der Waals surface area contributed by atoms with Gasteiger partial charge in [0.1, 0.15) is 0 Å². The predicted molar refractivity (Wildman–Crippen MR) is 97.1 cm³/mol. The van der Waals surface area contributed by atoms with E-state index in [1.165, 1.54) is 12.8 Å². The molecule has 1 saturated heterocycles. The molecule has 0 aromatic heterocycles. The molecule has 5 nitrogen and oxygen atoms in total. The van der Waals surface area contributed by atoms with Crippen molar-refractivity contribution in [2.45, 2.75) is 95.9 Å². The minimum atomic E-state index is 0.130. The molecule has 2 amide bonds. The van der Waals surface area contributed by atoms with E-state index in [9.17, 15) is 9.59 Å². The summed E-state index contributed by atoms with van der Waals surface area (Å²) in [6, 6.07) is 0.588. The number of hydrogen-bond donors (Lipinski definition) is 0. The summed E-state index contributed by atoms with van der Waals surface area (Å²) in [5.41, 5.74) is 0. The lowest BCUT2D eigenvalue weighted by Crippen LogP contribution is -2.66. The highest BCUT2D eigenvalue weighted by Crippen LogP contribution is 2.35. The first kappa shape index (κ1) is 18.7. The van der Waals surface area contributed by atoms with Gasteiger partial charge in [-0.3, -0.25) is 9.59 Å². The van der Waals surface area contributed by atoms with Gasteiger partial charge in [0.05, 0.1) is 18.2 Å². The van der Waals surface area contributed by atoms with E-state index in [4.69, 9.17) is 4.74 Å². The quantitative estimate of drug-likeness (QED) is 0.786. The van der Waals surface area contributed by atoms with Crippen LogP contribution in [0.5, 0.6) is 0 Å². The molecule has 0 bridgehead atoms. The maximum Gasteiger partial charge on any atom is 0.223 e. The zero-order valence-corrected chi connectivity index (χ0v) is 16.1. The van der Waals surface area contributed by atoms with Crippen LogP contribution in [-0.4, -0.2) is 59.5 Å². The summed E-state index contributed by atoms with van der Waals surface area (Å²) in [5.74, 6) is 0.976. The predicted octanol–water partition coefficient (Wildman–Crippen LogP) is 2.97. The van der Waals surface area contributed by atoms with Crippen molar-refractivity contribution in [1.82, 2.24) is 9.80 Å². The second-order valence-corrected chi connectivity index (χ2v) is 8.32. The largest absolute Gasteiger partial charge is 0.381 e. The molecule has 1 aliphatic heterocycles. The Balaban J connectivity index is 1.64. The zero-order chi connectivity index (χ0) is 18.0. The number of carbonyl (C=O) groups is 2. The van der Waals surface area contributed by atoms with Crippen molar-refractivity contribution in [3.05, 3.63) is 0 Å². The molecule has 2 saturated carbocycles. The Kier molecular flexibility index (Phi) is 6.03. The lowest BCUT2D eigenvalue weighted by molar-refractivity contribution is -0.153. The van der Waals surface area contributed by atoms with Crippen molar-refractivity contribution in [1.29, 1.82) is 0 Å². The summed E-state index contributed by atoms with van der Waals surface area (Å²) in [5, 5.41) is 0. The molecule has 3 atom stereocenters. The van der Waals surface area contributed by atoms with Gasteiger partial charge in [-0.15, -0.1) is 0 Å². The molecule has 0 aromatic rings. The second kappa shape index (κ2) is 8.07. The summed E-state index contributed by atoms with van der Waals surface area (Å²) in [6.07, 6.45) is 9.83. The molecule has 0 N–H and O–H groups in total. The first-order valence-electron chi connectivity index (χ1n) is 10.1. The van der Waals surface area contributed by atoms with E-state index in [0.717, 1.165) is 38.5 Å². The van der Waals surface area contributed by atoms with Crippen LogP contribution in [0, 0.1) is 5.92 Å². The van der Waals surface area contributed by atoms with Gasteiger partial charge in [0.15, 0.2) is 0 Å². The molecule has 3 rings (SSSR count). The Morgan fingerprint density at radius 3 is 2.24 bits per heavy atom. The minimum Gasteiger partial charge on any atom is -0.381 e. The average molecular weight is 351 g/mol. The number of hydrogen-bond acceptors (Lipinski definition) is 3. The van der Waals surface area contributed by atoms with E-state index in [-0.39, 0.29) is 24.0 Å². The number of rotatable bonds is 3. The van der Waals surface area contributed by atoms with Crippen LogP contribution >= 0.6 is 0 Å². The maximum absolute atomic E-state index is 13.1. The van der Waals surface area contributed by atoms with Gasteiger partial charge in [0.25, 0.3) is 0 Å². The number of carbonyl (C=O) groups excluding carboxylic acids is 2. The molecule has 3 aliphatic rings. The standard InChI is InChI=1S/C20H34N2O3/c1-14-13-21(18-6-4-5-7-19(18)22(14)15(2)23)20(24)12-16-8-10-17(25-3)11-9-16/h14,16-19H,4-13H2,1-3H3/t14-,16?,17?,18?,19?/m0/s1. The molecular weight excluding hydrogens is 316 g/mol. The first-order valence-corrected chi connectivity index (χ1v) is 10.1. The molecule has 2 unspecified atom stereocenters. The summed E-state index contributed by atoms with van der Waals surface area (Å²) < 4.78 is 5.45. The Morgan fingerprint density at radius 2 is 1.64 bits per heavy atom. The molecule has 142 valence electrons. The van der Waals surface area contributed by atoms with Gasteiger partial charge in [-0.1, -0.05) is 12.8 Å². The summed E-state index contributed by atoms with van der Waals surface area (Å²) in [7, 11) is 1.79. The van der Waals surface area contributed by atoms with Gasteiger partial charge in [0, 0.05) is 33.0 Å². The average Bonchev–Trinajstić information content (AvgIpc) is 2.61. The third kappa shape index (κ3) is 4.02. The second-order valence-electron chi connectivity index (χ2n) is 8.32. The number of fused-ring (bicyclic) bond motifs is 1. The fourth-order valence-corrected chi connectivity index (χ4v) is 5.38. The topological polar surface area (TPSA) is 49.9 Å². The Bertz CT molecular complexity index is 487. The summed E-state index contributed by atoms with van der Waals surface area (Å²) >= 11 is 0. The molecule has 3 fully saturated rings. The van der Waals surface area contributed by atoms with E-state index in [1.54, 1.807) is 14.0 Å². The number of nitrogens with zero attached hydrogens (tertiary/aromatic N) is 2. The highest BCUT2D eigenvalue weighted by molar-refractivity contribution is 5.78. The van der Waals surface area contributed by atoms with Crippen LogP contribution < -0.4 is 0 Å². The number of methoxy groups -OCH3 is 1. The molecule has 0 aromatic carbocycles. The van der Waals surface area contributed by atoms with E-state index < -0.39 is 0 Å². The Hall–Kier alpha value is -1.10. The van der Waals surface area contributed by atoms with Crippen LogP contribution in [-0.2, 0) is 14.3 Å². The van der Waals surface area contributed by atoms with E-state index >= 15 is 0 Å². The number of amides is 2. The Morgan fingerprint density at radius 1 is 1.00 bits per heavy atom. The van der Waals surface area contributed by atoms with Crippen LogP contribution in [0.25, 0.3) is 0 Å². The summed E-state index contributed by atoms with van der Waals surface area (Å²) in [6.45, 7) is 4.47. The van der Waals surface area contributed by atoms with Gasteiger partial charge >= 0.3 is 0 Å². The normalized spacial score (nSPS) is 36.0. The first-order chi connectivity index (χ1) is 12.0. The lowest BCUT2D eigenvalue weighted by atomic mass is 9.82. The van der Waals surface area contributed by atoms with Crippen molar-refractivity contribution < 1.29 is 14.3 Å². The van der Waals surface area contributed by atoms with Gasteiger partial charge in [-0.25, -0.2) is 0 Å². The molecule has 0 spiro atoms. The van der Waals surface area contributed by atoms with Crippen LogP contribution in [0.4, 0.5) is 0 Å². The molecule has 2 aliphatic carbocycles. The maximum atomic E-state index is 13.1. The van der Waals surface area contributed by atoms with Gasteiger partial charge in [-0.2, -0.15) is 0 Å². The number of piperazine rings is 1. The Labute approximate surface area is 152 Å². The highest BCUT2D eigenvalue weighted by Gasteiger charge is 2.44. The fraction of sp³-hybridized carbons (Fsp3) is 0.900.